The maximum Gasteiger partial charge on any atom is 0.394 e. The normalized spacial score (nSPS) is 10.4. The van der Waals surface area contributed by atoms with Gasteiger partial charge >= 0.3 is 11.9 Å². The van der Waals surface area contributed by atoms with Crippen LogP contribution >= 0.6 is 0 Å². The second-order valence-corrected chi connectivity index (χ2v) is 2.93. The van der Waals surface area contributed by atoms with Gasteiger partial charge < -0.3 is 9.15 Å². The molecule has 1 aromatic heterocycles. The van der Waals surface area contributed by atoms with Crippen molar-refractivity contribution in [1.29, 1.82) is 0 Å². The molecule has 0 saturated carbocycles. The maximum absolute atomic E-state index is 11.1. The number of oxazole rings is 1. The minimum atomic E-state index is -0.555. The van der Waals surface area contributed by atoms with E-state index in [1.54, 1.807) is 6.07 Å². The smallest absolute Gasteiger partial charge is 0.394 e. The molecule has 0 atom stereocenters. The van der Waals surface area contributed by atoms with Crippen LogP contribution in [0.4, 0.5) is 0 Å². The first-order valence-electron chi connectivity index (χ1n) is 4.17. The van der Waals surface area contributed by atoms with Gasteiger partial charge in [0.2, 0.25) is 0 Å². The standard InChI is InChI=1S/C10H9NO3/c1-6-4-3-5-7-8(6)14-9(11-7)10(12)13-2/h3-5H,1-2H3. The highest BCUT2D eigenvalue weighted by Gasteiger charge is 2.14. The van der Waals surface area contributed by atoms with Gasteiger partial charge in [-0.15, -0.1) is 0 Å². The SMILES string of the molecule is COC(=O)c1nc2cccc(C)c2o1. The van der Waals surface area contributed by atoms with E-state index in [4.69, 9.17) is 4.42 Å². The molecule has 0 saturated heterocycles. The van der Waals surface area contributed by atoms with Crippen LogP contribution in [0.5, 0.6) is 0 Å². The lowest BCUT2D eigenvalue weighted by atomic mass is 10.2. The number of nitrogens with zero attached hydrogens (tertiary/aromatic N) is 1. The molecule has 0 aliphatic heterocycles. The van der Waals surface area contributed by atoms with Crippen LogP contribution in [0.1, 0.15) is 16.2 Å². The molecule has 0 fully saturated rings. The Labute approximate surface area is 80.5 Å². The van der Waals surface area contributed by atoms with Crippen LogP contribution in [0.3, 0.4) is 0 Å². The number of hydrogen-bond donors (Lipinski definition) is 0. The van der Waals surface area contributed by atoms with Gasteiger partial charge in [0.05, 0.1) is 7.11 Å². The number of esters is 1. The van der Waals surface area contributed by atoms with Crippen LogP contribution in [0.25, 0.3) is 11.1 Å². The van der Waals surface area contributed by atoms with Crippen LogP contribution in [-0.4, -0.2) is 18.1 Å². The topological polar surface area (TPSA) is 52.3 Å². The summed E-state index contributed by atoms with van der Waals surface area (Å²) in [5.41, 5.74) is 2.25. The average Bonchev–Trinajstić information content (AvgIpc) is 2.62. The average molecular weight is 191 g/mol. The van der Waals surface area contributed by atoms with Gasteiger partial charge in [0.25, 0.3) is 0 Å². The monoisotopic (exact) mass is 191 g/mol. The molecule has 0 aliphatic carbocycles. The Kier molecular flexibility index (Phi) is 1.96. The summed E-state index contributed by atoms with van der Waals surface area (Å²) >= 11 is 0. The number of carbonyl (C=O) groups excluding carboxylic acids is 1. The molecule has 72 valence electrons. The largest absolute Gasteiger partial charge is 0.462 e. The minimum absolute atomic E-state index is 0.00296. The van der Waals surface area contributed by atoms with E-state index in [1.807, 2.05) is 19.1 Å². The zero-order valence-electron chi connectivity index (χ0n) is 7.90. The molecule has 0 aliphatic rings. The Bertz CT molecular complexity index is 487. The highest BCUT2D eigenvalue weighted by atomic mass is 16.5. The molecule has 4 nitrogen and oxygen atoms in total. The molecule has 0 bridgehead atoms. The summed E-state index contributed by atoms with van der Waals surface area (Å²) in [6.45, 7) is 1.90. The maximum atomic E-state index is 11.1. The van der Waals surface area contributed by atoms with E-state index >= 15 is 0 Å². The highest BCUT2D eigenvalue weighted by molar-refractivity contribution is 5.88. The highest BCUT2D eigenvalue weighted by Crippen LogP contribution is 2.19. The van der Waals surface area contributed by atoms with Crippen molar-refractivity contribution < 1.29 is 13.9 Å². The molecular formula is C10H9NO3. The number of ether oxygens (including phenoxy) is 1. The van der Waals surface area contributed by atoms with Gasteiger partial charge in [-0.05, 0) is 18.6 Å². The number of aryl methyl sites for hydroxylation is 1. The zero-order chi connectivity index (χ0) is 10.1. The lowest BCUT2D eigenvalue weighted by Gasteiger charge is -1.90. The van der Waals surface area contributed by atoms with Crippen LogP contribution in [0.2, 0.25) is 0 Å². The summed E-state index contributed by atoms with van der Waals surface area (Å²) in [6, 6.07) is 5.55. The number of para-hydroxylation sites is 1. The number of rotatable bonds is 1. The molecule has 0 unspecified atom stereocenters. The molecule has 0 amide bonds. The minimum Gasteiger partial charge on any atom is -0.462 e. The Morgan fingerprint density at radius 1 is 1.50 bits per heavy atom. The van der Waals surface area contributed by atoms with E-state index in [0.717, 1.165) is 5.56 Å². The van der Waals surface area contributed by atoms with Crippen LogP contribution < -0.4 is 0 Å². The van der Waals surface area contributed by atoms with Crippen molar-refractivity contribution in [3.05, 3.63) is 29.7 Å². The Balaban J connectivity index is 2.62. The number of methoxy groups -OCH3 is 1. The second-order valence-electron chi connectivity index (χ2n) is 2.93. The summed E-state index contributed by atoms with van der Waals surface area (Å²) in [6.07, 6.45) is 0. The molecule has 4 heteroatoms. The summed E-state index contributed by atoms with van der Waals surface area (Å²) in [7, 11) is 1.30. The summed E-state index contributed by atoms with van der Waals surface area (Å²) in [5, 5.41) is 0. The molecule has 0 radical (unpaired) electrons. The van der Waals surface area contributed by atoms with Gasteiger partial charge in [-0.3, -0.25) is 0 Å². The van der Waals surface area contributed by atoms with Gasteiger partial charge in [-0.2, -0.15) is 0 Å². The quantitative estimate of drug-likeness (QED) is 0.646. The van der Waals surface area contributed by atoms with Crippen LogP contribution in [-0.2, 0) is 4.74 Å². The Morgan fingerprint density at radius 2 is 2.29 bits per heavy atom. The third-order valence-electron chi connectivity index (χ3n) is 1.97. The predicted octanol–water partition coefficient (Wildman–Crippen LogP) is 1.92. The van der Waals surface area contributed by atoms with E-state index in [0.29, 0.717) is 11.1 Å². The zero-order valence-corrected chi connectivity index (χ0v) is 7.90. The summed E-state index contributed by atoms with van der Waals surface area (Å²) < 4.78 is 9.78. The number of aromatic nitrogens is 1. The van der Waals surface area contributed by atoms with Gasteiger partial charge in [-0.1, -0.05) is 12.1 Å². The van der Waals surface area contributed by atoms with Gasteiger partial charge in [-0.25, -0.2) is 9.78 Å². The van der Waals surface area contributed by atoms with Crippen molar-refractivity contribution in [3.8, 4) is 0 Å². The van der Waals surface area contributed by atoms with E-state index in [1.165, 1.54) is 7.11 Å². The predicted molar refractivity (Wildman–Crippen MR) is 50.1 cm³/mol. The lowest BCUT2D eigenvalue weighted by Crippen LogP contribution is -2.00. The Hall–Kier alpha value is -1.84. The van der Waals surface area contributed by atoms with Crippen molar-refractivity contribution in [2.45, 2.75) is 6.92 Å². The third kappa shape index (κ3) is 1.25. The van der Waals surface area contributed by atoms with Crippen molar-refractivity contribution in [3.63, 3.8) is 0 Å². The van der Waals surface area contributed by atoms with Gasteiger partial charge in [0.1, 0.15) is 5.52 Å². The third-order valence-corrected chi connectivity index (χ3v) is 1.97. The van der Waals surface area contributed by atoms with Crippen molar-refractivity contribution in [2.24, 2.45) is 0 Å². The first kappa shape index (κ1) is 8.74. The first-order chi connectivity index (χ1) is 6.72. The lowest BCUT2D eigenvalue weighted by molar-refractivity contribution is 0.0558. The molecule has 1 aromatic carbocycles. The summed E-state index contributed by atoms with van der Waals surface area (Å²) in [5.74, 6) is -0.558. The van der Waals surface area contributed by atoms with E-state index in [-0.39, 0.29) is 5.89 Å². The fourth-order valence-corrected chi connectivity index (χ4v) is 1.26. The van der Waals surface area contributed by atoms with Gasteiger partial charge in [0, 0.05) is 0 Å². The fraction of sp³-hybridized carbons (Fsp3) is 0.200. The fourth-order valence-electron chi connectivity index (χ4n) is 1.26. The van der Waals surface area contributed by atoms with Crippen LogP contribution in [0.15, 0.2) is 22.6 Å². The van der Waals surface area contributed by atoms with E-state index in [2.05, 4.69) is 9.72 Å². The van der Waals surface area contributed by atoms with Crippen molar-refractivity contribution >= 4 is 17.1 Å². The van der Waals surface area contributed by atoms with Crippen molar-refractivity contribution in [2.75, 3.05) is 7.11 Å². The van der Waals surface area contributed by atoms with E-state index in [9.17, 15) is 4.79 Å². The molecule has 2 aromatic rings. The first-order valence-corrected chi connectivity index (χ1v) is 4.17. The second kappa shape index (κ2) is 3.14. The molecular weight excluding hydrogens is 182 g/mol. The molecule has 14 heavy (non-hydrogen) atoms. The molecule has 0 N–H and O–H groups in total. The number of benzene rings is 1. The van der Waals surface area contributed by atoms with Crippen molar-refractivity contribution in [1.82, 2.24) is 4.98 Å². The van der Waals surface area contributed by atoms with Gasteiger partial charge in [0.15, 0.2) is 5.58 Å². The molecule has 1 heterocycles. The Morgan fingerprint density at radius 3 is 2.93 bits per heavy atom. The summed E-state index contributed by atoms with van der Waals surface area (Å²) in [4.78, 5) is 15.1. The molecule has 0 spiro atoms. The van der Waals surface area contributed by atoms with E-state index < -0.39 is 5.97 Å². The molecule has 2 rings (SSSR count). The number of fused-ring (bicyclic) bond motifs is 1. The van der Waals surface area contributed by atoms with Crippen LogP contribution in [0, 0.1) is 6.92 Å². The number of carbonyl (C=O) groups is 1. The number of hydrogen-bond acceptors (Lipinski definition) is 4.